The van der Waals surface area contributed by atoms with Gasteiger partial charge in [0.05, 0.1) is 0 Å². The number of hydrogen-bond donors (Lipinski definition) is 0. The van der Waals surface area contributed by atoms with Crippen LogP contribution >= 0.6 is 0 Å². The Morgan fingerprint density at radius 3 is 3.14 bits per heavy atom. The van der Waals surface area contributed by atoms with Gasteiger partial charge in [0.25, 0.3) is 5.56 Å². The molecule has 2 nitrogen and oxygen atoms in total. The highest BCUT2D eigenvalue weighted by molar-refractivity contribution is 5.15. The van der Waals surface area contributed by atoms with Crippen molar-refractivity contribution in [2.45, 2.75) is 38.1 Å². The van der Waals surface area contributed by atoms with Crippen LogP contribution in [0.4, 0.5) is 0 Å². The largest absolute Gasteiger partial charge is 0.312 e. The van der Waals surface area contributed by atoms with Gasteiger partial charge in [-0.25, -0.2) is 0 Å². The molecule has 0 saturated heterocycles. The van der Waals surface area contributed by atoms with Crippen molar-refractivity contribution in [2.75, 3.05) is 0 Å². The number of fused-ring (bicyclic) bond motifs is 4. The standard InChI is InChI=1S/C12H15NO/c14-12-6-2-5-11-10-4-1-3-9(7-10)8-13(11)12/h2,5-6,9-10H,1,3-4,7-8H2/t9-,10+/m0/s1. The quantitative estimate of drug-likeness (QED) is 0.613. The van der Waals surface area contributed by atoms with Crippen molar-refractivity contribution in [3.8, 4) is 0 Å². The molecule has 0 aromatic carbocycles. The van der Waals surface area contributed by atoms with Crippen molar-refractivity contribution in [3.63, 3.8) is 0 Å². The predicted octanol–water partition coefficient (Wildman–Crippen LogP) is 2.14. The van der Waals surface area contributed by atoms with Gasteiger partial charge in [0, 0.05) is 18.3 Å². The van der Waals surface area contributed by atoms with Gasteiger partial charge in [-0.1, -0.05) is 12.5 Å². The summed E-state index contributed by atoms with van der Waals surface area (Å²) >= 11 is 0. The van der Waals surface area contributed by atoms with Crippen molar-refractivity contribution in [3.05, 3.63) is 34.2 Å². The Bertz CT molecular complexity index is 407. The second-order valence-corrected chi connectivity index (χ2v) is 4.63. The summed E-state index contributed by atoms with van der Waals surface area (Å²) in [5, 5.41) is 0. The fourth-order valence-electron chi connectivity index (χ4n) is 3.07. The molecule has 0 spiro atoms. The third-order valence-corrected chi connectivity index (χ3v) is 3.73. The molecule has 0 N–H and O–H groups in total. The maximum absolute atomic E-state index is 11.7. The molecule has 2 heterocycles. The van der Waals surface area contributed by atoms with Gasteiger partial charge in [-0.3, -0.25) is 4.79 Å². The Balaban J connectivity index is 2.15. The van der Waals surface area contributed by atoms with Crippen LogP contribution < -0.4 is 5.56 Å². The topological polar surface area (TPSA) is 22.0 Å². The smallest absolute Gasteiger partial charge is 0.250 e. The molecule has 74 valence electrons. The average Bonchev–Trinajstić information content (AvgIpc) is 2.20. The third-order valence-electron chi connectivity index (χ3n) is 3.73. The summed E-state index contributed by atoms with van der Waals surface area (Å²) < 4.78 is 2.00. The summed E-state index contributed by atoms with van der Waals surface area (Å²) in [4.78, 5) is 11.7. The molecule has 1 fully saturated rings. The number of hydrogen-bond acceptors (Lipinski definition) is 1. The van der Waals surface area contributed by atoms with E-state index >= 15 is 0 Å². The molecule has 1 saturated carbocycles. The van der Waals surface area contributed by atoms with Crippen LogP contribution in [0, 0.1) is 5.92 Å². The Kier molecular flexibility index (Phi) is 1.76. The molecular formula is C12H15NO. The summed E-state index contributed by atoms with van der Waals surface area (Å²) in [6.45, 7) is 0.964. The van der Waals surface area contributed by atoms with Gasteiger partial charge >= 0.3 is 0 Å². The van der Waals surface area contributed by atoms with E-state index in [0.717, 1.165) is 12.5 Å². The fourth-order valence-corrected chi connectivity index (χ4v) is 3.07. The lowest BCUT2D eigenvalue weighted by Crippen LogP contribution is -2.34. The van der Waals surface area contributed by atoms with Crippen LogP contribution in [0.5, 0.6) is 0 Å². The SMILES string of the molecule is O=c1cccc2n1C[C@H]1CCC[C@@H]2C1. The average molecular weight is 189 g/mol. The molecule has 0 radical (unpaired) electrons. The normalized spacial score (nSPS) is 29.7. The zero-order chi connectivity index (χ0) is 9.54. The van der Waals surface area contributed by atoms with E-state index in [1.807, 2.05) is 10.6 Å². The van der Waals surface area contributed by atoms with Crippen LogP contribution in [-0.2, 0) is 6.54 Å². The lowest BCUT2D eigenvalue weighted by atomic mass is 9.77. The molecule has 0 amide bonds. The zero-order valence-electron chi connectivity index (χ0n) is 8.28. The molecule has 0 unspecified atom stereocenters. The van der Waals surface area contributed by atoms with Crippen LogP contribution in [0.25, 0.3) is 0 Å². The molecule has 2 heteroatoms. The molecule has 1 aliphatic heterocycles. The van der Waals surface area contributed by atoms with Crippen molar-refractivity contribution in [1.82, 2.24) is 4.57 Å². The van der Waals surface area contributed by atoms with E-state index in [2.05, 4.69) is 6.07 Å². The van der Waals surface area contributed by atoms with E-state index in [0.29, 0.717) is 5.92 Å². The predicted molar refractivity (Wildman–Crippen MR) is 55.4 cm³/mol. The van der Waals surface area contributed by atoms with Crippen molar-refractivity contribution in [2.24, 2.45) is 5.92 Å². The minimum absolute atomic E-state index is 0.194. The van der Waals surface area contributed by atoms with E-state index in [9.17, 15) is 4.79 Å². The minimum atomic E-state index is 0.194. The van der Waals surface area contributed by atoms with Gasteiger partial charge < -0.3 is 4.57 Å². The Morgan fingerprint density at radius 1 is 1.29 bits per heavy atom. The van der Waals surface area contributed by atoms with Crippen molar-refractivity contribution < 1.29 is 0 Å². The van der Waals surface area contributed by atoms with Crippen LogP contribution in [0.15, 0.2) is 23.0 Å². The summed E-state index contributed by atoms with van der Waals surface area (Å²) in [5.74, 6) is 1.43. The van der Waals surface area contributed by atoms with Gasteiger partial charge in [0.15, 0.2) is 0 Å². The van der Waals surface area contributed by atoms with E-state index in [4.69, 9.17) is 0 Å². The van der Waals surface area contributed by atoms with Crippen molar-refractivity contribution in [1.29, 1.82) is 0 Å². The number of rotatable bonds is 0. The van der Waals surface area contributed by atoms with E-state index in [-0.39, 0.29) is 5.56 Å². The molecular weight excluding hydrogens is 174 g/mol. The van der Waals surface area contributed by atoms with Crippen LogP contribution in [0.3, 0.4) is 0 Å². The monoisotopic (exact) mass is 189 g/mol. The first-order valence-corrected chi connectivity index (χ1v) is 5.54. The lowest BCUT2D eigenvalue weighted by molar-refractivity contribution is 0.240. The van der Waals surface area contributed by atoms with Crippen molar-refractivity contribution >= 4 is 0 Å². The van der Waals surface area contributed by atoms with Crippen LogP contribution in [0.2, 0.25) is 0 Å². The summed E-state index contributed by atoms with van der Waals surface area (Å²) in [5.41, 5.74) is 1.48. The molecule has 1 aromatic rings. The number of aromatic nitrogens is 1. The molecule has 1 aromatic heterocycles. The van der Waals surface area contributed by atoms with Gasteiger partial charge in [0.1, 0.15) is 0 Å². The number of pyridine rings is 1. The van der Waals surface area contributed by atoms with Gasteiger partial charge in [-0.15, -0.1) is 0 Å². The highest BCUT2D eigenvalue weighted by Crippen LogP contribution is 2.39. The van der Waals surface area contributed by atoms with E-state index < -0.39 is 0 Å². The summed E-state index contributed by atoms with van der Waals surface area (Å²) in [7, 11) is 0. The van der Waals surface area contributed by atoms with Gasteiger partial charge in [-0.05, 0) is 37.2 Å². The molecule has 14 heavy (non-hydrogen) atoms. The fraction of sp³-hybridized carbons (Fsp3) is 0.583. The van der Waals surface area contributed by atoms with Crippen LogP contribution in [-0.4, -0.2) is 4.57 Å². The molecule has 1 aliphatic carbocycles. The minimum Gasteiger partial charge on any atom is -0.312 e. The Morgan fingerprint density at radius 2 is 2.21 bits per heavy atom. The first-order chi connectivity index (χ1) is 6.84. The molecule has 2 aliphatic rings. The maximum atomic E-state index is 11.7. The third kappa shape index (κ3) is 1.13. The summed E-state index contributed by atoms with van der Waals surface area (Å²) in [6.07, 6.45) is 5.25. The first-order valence-electron chi connectivity index (χ1n) is 5.54. The van der Waals surface area contributed by atoms with E-state index in [1.165, 1.54) is 31.4 Å². The zero-order valence-corrected chi connectivity index (χ0v) is 8.28. The molecule has 2 bridgehead atoms. The van der Waals surface area contributed by atoms with Gasteiger partial charge in [-0.2, -0.15) is 0 Å². The lowest BCUT2D eigenvalue weighted by Gasteiger charge is -2.36. The Labute approximate surface area is 83.6 Å². The second kappa shape index (κ2) is 2.97. The second-order valence-electron chi connectivity index (χ2n) is 4.63. The summed E-state index contributed by atoms with van der Waals surface area (Å²) in [6, 6.07) is 5.72. The van der Waals surface area contributed by atoms with E-state index in [1.54, 1.807) is 6.07 Å². The molecule has 2 atom stereocenters. The number of nitrogens with zero attached hydrogens (tertiary/aromatic N) is 1. The molecule has 3 rings (SSSR count). The highest BCUT2D eigenvalue weighted by atomic mass is 16.1. The maximum Gasteiger partial charge on any atom is 0.250 e. The highest BCUT2D eigenvalue weighted by Gasteiger charge is 2.30. The van der Waals surface area contributed by atoms with Crippen LogP contribution in [0.1, 0.15) is 37.3 Å². The van der Waals surface area contributed by atoms with Gasteiger partial charge in [0.2, 0.25) is 0 Å². The first kappa shape index (κ1) is 8.27. The Hall–Kier alpha value is -1.05.